The fourth-order valence-electron chi connectivity index (χ4n) is 6.78. The first-order chi connectivity index (χ1) is 31.0. The van der Waals surface area contributed by atoms with Crippen molar-refractivity contribution in [1.82, 2.24) is 41.9 Å². The van der Waals surface area contributed by atoms with E-state index in [4.69, 9.17) is 20.4 Å². The molecule has 0 bridgehead atoms. The summed E-state index contributed by atoms with van der Waals surface area (Å²) in [5.41, 5.74) is 9.66. The van der Waals surface area contributed by atoms with Crippen LogP contribution < -0.4 is 37.9 Å². The van der Waals surface area contributed by atoms with Gasteiger partial charge in [0.1, 0.15) is 29.8 Å². The molecule has 1 rings (SSSR count). The number of hydrogen-bond acceptors (Lipinski definition) is 11. The minimum Gasteiger partial charge on any atom is -0.475 e. The Balaban J connectivity index is 0.00000572. The van der Waals surface area contributed by atoms with Crippen molar-refractivity contribution < 1.29 is 66.2 Å². The van der Waals surface area contributed by atoms with Crippen LogP contribution in [0, 0.1) is 17.8 Å². The van der Waals surface area contributed by atoms with Crippen molar-refractivity contribution in [2.24, 2.45) is 23.5 Å². The Morgan fingerprint density at radius 3 is 1.81 bits per heavy atom. The molecule has 1 fully saturated rings. The van der Waals surface area contributed by atoms with Crippen LogP contribution in [0.1, 0.15) is 140 Å². The Hall–Kier alpha value is -5.22. The topological polar surface area (TPSA) is 288 Å². The van der Waals surface area contributed by atoms with Crippen LogP contribution in [0.25, 0.3) is 0 Å². The maximum Gasteiger partial charge on any atom is 0.490 e. The Morgan fingerprint density at radius 1 is 0.746 bits per heavy atom. The van der Waals surface area contributed by atoms with Crippen LogP contribution in [0.5, 0.6) is 0 Å². The summed E-state index contributed by atoms with van der Waals surface area (Å²) in [7, 11) is 0. The van der Waals surface area contributed by atoms with Crippen molar-refractivity contribution in [2.75, 3.05) is 32.7 Å². The molecule has 0 aromatic heterocycles. The molecule has 4 atom stereocenters. The third kappa shape index (κ3) is 27.9. The lowest BCUT2D eigenvalue weighted by Crippen LogP contribution is -2.58. The molecule has 0 spiro atoms. The summed E-state index contributed by atoms with van der Waals surface area (Å²) in [6.45, 7) is 18.9. The van der Waals surface area contributed by atoms with E-state index in [2.05, 4.69) is 32.1 Å². The first-order valence-electron chi connectivity index (χ1n) is 23.0. The number of carbonyl (C=O) groups is 9. The van der Waals surface area contributed by atoms with E-state index in [0.29, 0.717) is 45.2 Å². The summed E-state index contributed by atoms with van der Waals surface area (Å²) < 4.78 is 37.0. The van der Waals surface area contributed by atoms with Crippen LogP contribution in [0.2, 0.25) is 0 Å². The maximum absolute atomic E-state index is 14.3. The monoisotopic (exact) mass is 966 g/mol. The van der Waals surface area contributed by atoms with Crippen LogP contribution >= 0.6 is 0 Å². The predicted molar refractivity (Wildman–Crippen MR) is 242 cm³/mol. The second-order valence-corrected chi connectivity index (χ2v) is 18.8. The number of unbranched alkanes of at least 4 members (excludes halogenated alkanes) is 3. The summed E-state index contributed by atoms with van der Waals surface area (Å²) in [6.07, 6.45) is -0.592. The second-order valence-electron chi connectivity index (χ2n) is 18.8. The zero-order chi connectivity index (χ0) is 51.7. The van der Waals surface area contributed by atoms with Gasteiger partial charge in [0.2, 0.25) is 35.4 Å². The lowest BCUT2D eigenvalue weighted by atomic mass is 10.00. The van der Waals surface area contributed by atoms with E-state index in [1.54, 1.807) is 20.8 Å². The lowest BCUT2D eigenvalue weighted by Gasteiger charge is -2.31. The number of ether oxygens (including phenoxy) is 1. The molecule has 1 aliphatic heterocycles. The van der Waals surface area contributed by atoms with Gasteiger partial charge in [0.25, 0.3) is 5.91 Å². The number of aliphatic carboxylic acids is 1. The Morgan fingerprint density at radius 2 is 1.30 bits per heavy atom. The lowest BCUT2D eigenvalue weighted by molar-refractivity contribution is -0.192. The number of nitrogens with one attached hydrogen (secondary N) is 6. The molecule has 0 aromatic rings. The van der Waals surface area contributed by atoms with Crippen molar-refractivity contribution in [1.29, 1.82) is 0 Å². The number of alkyl carbamates (subject to hydrolysis) is 1. The van der Waals surface area contributed by atoms with Gasteiger partial charge in [0.15, 0.2) is 0 Å². The number of halogens is 3. The molecule has 386 valence electrons. The summed E-state index contributed by atoms with van der Waals surface area (Å²) in [4.78, 5) is 117. The number of amides is 8. The highest BCUT2D eigenvalue weighted by atomic mass is 19.4. The van der Waals surface area contributed by atoms with Crippen molar-refractivity contribution in [3.05, 3.63) is 0 Å². The van der Waals surface area contributed by atoms with Gasteiger partial charge in [-0.25, -0.2) is 9.59 Å². The SMILES string of the molecule is CC(=O)N1CCC[C@H]1C(=O)N[C@@H](CC(C)C)C(=O)N(CCCCNC(=O)OC(C)(C)C)CC(=O)N[C@@H](CC(C)C)C(=O)N[C@@H](CC(C)C)C(=O)NNC(=O)CCCCCN.O=C(O)C(F)(F)F. The predicted octanol–water partition coefficient (Wildman–Crippen LogP) is 3.02. The molecule has 67 heavy (non-hydrogen) atoms. The molecule has 23 heteroatoms. The van der Waals surface area contributed by atoms with E-state index in [9.17, 15) is 51.5 Å². The normalized spacial score (nSPS) is 15.1. The largest absolute Gasteiger partial charge is 0.490 e. The Labute approximate surface area is 392 Å². The van der Waals surface area contributed by atoms with Gasteiger partial charge in [-0.3, -0.25) is 44.4 Å². The van der Waals surface area contributed by atoms with Crippen LogP contribution in [0.3, 0.4) is 0 Å². The number of hydrogen-bond donors (Lipinski definition) is 8. The van der Waals surface area contributed by atoms with Gasteiger partial charge in [-0.05, 0) is 103 Å². The fourth-order valence-corrected chi connectivity index (χ4v) is 6.78. The number of nitrogens with two attached hydrogens (primary N) is 1. The van der Waals surface area contributed by atoms with Gasteiger partial charge in [-0.2, -0.15) is 13.2 Å². The third-order valence-electron chi connectivity index (χ3n) is 9.83. The molecule has 0 aliphatic carbocycles. The number of carboxylic acids is 1. The minimum atomic E-state index is -5.08. The smallest absolute Gasteiger partial charge is 0.475 e. The molecule has 1 aliphatic rings. The van der Waals surface area contributed by atoms with Crippen LogP contribution in [-0.4, -0.2) is 137 Å². The molecular weight excluding hydrogens is 888 g/mol. The number of hydrazine groups is 1. The van der Waals surface area contributed by atoms with E-state index in [-0.39, 0.29) is 68.3 Å². The average Bonchev–Trinajstić information content (AvgIpc) is 3.70. The van der Waals surface area contributed by atoms with Gasteiger partial charge in [0, 0.05) is 33.0 Å². The highest BCUT2D eigenvalue weighted by Gasteiger charge is 2.39. The Bertz CT molecular complexity index is 1620. The van der Waals surface area contributed by atoms with Gasteiger partial charge < -0.3 is 46.6 Å². The van der Waals surface area contributed by atoms with E-state index < -0.39 is 84.1 Å². The highest BCUT2D eigenvalue weighted by Crippen LogP contribution is 2.19. The van der Waals surface area contributed by atoms with Crippen molar-refractivity contribution in [3.8, 4) is 0 Å². The molecule has 1 saturated heterocycles. The first-order valence-corrected chi connectivity index (χ1v) is 23.0. The third-order valence-corrected chi connectivity index (χ3v) is 9.83. The van der Waals surface area contributed by atoms with Gasteiger partial charge >= 0.3 is 18.2 Å². The molecule has 8 amide bonds. The minimum absolute atomic E-state index is 0.0106. The second kappa shape index (κ2) is 30.9. The number of likely N-dealkylation sites (tertiary alicyclic amines) is 1. The molecule has 1 heterocycles. The van der Waals surface area contributed by atoms with Gasteiger partial charge in [-0.15, -0.1) is 0 Å². The number of alkyl halides is 3. The van der Waals surface area contributed by atoms with Crippen LogP contribution in [0.15, 0.2) is 0 Å². The van der Waals surface area contributed by atoms with Crippen molar-refractivity contribution in [3.63, 3.8) is 0 Å². The number of nitrogens with zero attached hydrogens (tertiary/aromatic N) is 2. The van der Waals surface area contributed by atoms with Crippen LogP contribution in [0.4, 0.5) is 18.0 Å². The maximum atomic E-state index is 14.3. The van der Waals surface area contributed by atoms with E-state index in [0.717, 1.165) is 12.8 Å². The van der Waals surface area contributed by atoms with Crippen molar-refractivity contribution in [2.45, 2.75) is 176 Å². The number of carboxylic acid groups (broad SMARTS) is 1. The summed E-state index contributed by atoms with van der Waals surface area (Å²) >= 11 is 0. The molecule has 0 radical (unpaired) electrons. The first kappa shape index (κ1) is 61.8. The molecule has 0 aromatic carbocycles. The van der Waals surface area contributed by atoms with Crippen molar-refractivity contribution >= 4 is 53.4 Å². The van der Waals surface area contributed by atoms with Crippen LogP contribution in [-0.2, 0) is 43.1 Å². The quantitative estimate of drug-likeness (QED) is 0.0484. The zero-order valence-corrected chi connectivity index (χ0v) is 41.0. The van der Waals surface area contributed by atoms with E-state index in [1.165, 1.54) is 16.7 Å². The Kier molecular flexibility index (Phi) is 28.5. The molecule has 0 saturated carbocycles. The molecular formula is C44H78F3N9O11. The van der Waals surface area contributed by atoms with Gasteiger partial charge in [0.05, 0.1) is 6.54 Å². The van der Waals surface area contributed by atoms with E-state index in [1.807, 2.05) is 41.5 Å². The molecule has 0 unspecified atom stereocenters. The molecule has 9 N–H and O–H groups in total. The number of carbonyl (C=O) groups excluding carboxylic acids is 8. The van der Waals surface area contributed by atoms with E-state index >= 15 is 0 Å². The summed E-state index contributed by atoms with van der Waals surface area (Å²) in [6, 6.07) is -3.80. The zero-order valence-electron chi connectivity index (χ0n) is 41.0. The number of rotatable bonds is 25. The van der Waals surface area contributed by atoms with Gasteiger partial charge in [-0.1, -0.05) is 48.0 Å². The fraction of sp³-hybridized carbons (Fsp3) is 0.795. The average molecular weight is 966 g/mol. The molecule has 20 nitrogen and oxygen atoms in total. The highest BCUT2D eigenvalue weighted by molar-refractivity contribution is 5.95. The standard InChI is InChI=1S/C42H77N9O9.C2HF3O2/c1-27(2)23-31(37(55)46-32(24-28(3)4)38(56)49-48-35(53)18-12-11-13-19-43)45-36(54)26-50(21-15-14-20-44-41(59)60-42(8,9)10)40(58)33(25-29(5)6)47-39(57)34-17-16-22-51(34)30(7)52;3-2(4,5)1(6)7/h27-29,31-34H,11-26,43H2,1-10H3,(H,44,59)(H,45,54)(H,46,55)(H,47,57)(H,48,53)(H,49,56);(H,6,7)/t31-,32-,33-,34-;/m0./s1. The summed E-state index contributed by atoms with van der Waals surface area (Å²) in [5.74, 6) is -6.23. The summed E-state index contributed by atoms with van der Waals surface area (Å²) in [5, 5.41) is 18.2.